The van der Waals surface area contributed by atoms with E-state index < -0.39 is 10.7 Å². The number of benzene rings is 2. The van der Waals surface area contributed by atoms with E-state index in [-0.39, 0.29) is 17.5 Å². The van der Waals surface area contributed by atoms with Crippen LogP contribution in [0.4, 0.5) is 10.1 Å². The minimum absolute atomic E-state index is 0.0348. The Bertz CT molecular complexity index is 798. The third-order valence-corrected chi connectivity index (χ3v) is 3.61. The van der Waals surface area contributed by atoms with Crippen molar-refractivity contribution in [3.63, 3.8) is 0 Å². The molecule has 2 rings (SSSR count). The minimum Gasteiger partial charge on any atom is -0.486 e. The molecule has 8 heteroatoms. The van der Waals surface area contributed by atoms with Crippen LogP contribution >= 0.6 is 0 Å². The number of nitro groups is 1. The number of hydrogen-bond acceptors (Lipinski definition) is 4. The number of nitrogens with zero attached hydrogens (tertiary/aromatic N) is 2. The fourth-order valence-corrected chi connectivity index (χ4v) is 2.32. The Morgan fingerprint density at radius 3 is 2.74 bits per heavy atom. The van der Waals surface area contributed by atoms with Gasteiger partial charge in [0.05, 0.1) is 18.0 Å². The highest BCUT2D eigenvalue weighted by Crippen LogP contribution is 2.17. The quantitative estimate of drug-likeness (QED) is 0.320. The summed E-state index contributed by atoms with van der Waals surface area (Å²) in [6.07, 6.45) is -0.288. The Balaban J connectivity index is 1.94. The SMILES string of the molecule is CCNC(=NCc1cccc([N+](=O)[O-])c1)NCC(C)Oc1ccccc1F. The van der Waals surface area contributed by atoms with Crippen molar-refractivity contribution < 1.29 is 14.1 Å². The maximum absolute atomic E-state index is 13.6. The lowest BCUT2D eigenvalue weighted by Crippen LogP contribution is -2.41. The summed E-state index contributed by atoms with van der Waals surface area (Å²) in [4.78, 5) is 14.8. The number of nitro benzene ring substituents is 1. The van der Waals surface area contributed by atoms with Crippen LogP contribution in [0.15, 0.2) is 53.5 Å². The van der Waals surface area contributed by atoms with E-state index in [0.29, 0.717) is 25.6 Å². The summed E-state index contributed by atoms with van der Waals surface area (Å²) in [5.41, 5.74) is 0.768. The molecule has 2 N–H and O–H groups in total. The summed E-state index contributed by atoms with van der Waals surface area (Å²) in [7, 11) is 0. The van der Waals surface area contributed by atoms with Crippen molar-refractivity contribution in [2.75, 3.05) is 13.1 Å². The number of nitrogens with one attached hydrogen (secondary N) is 2. The number of para-hydroxylation sites is 1. The zero-order chi connectivity index (χ0) is 19.6. The molecule has 27 heavy (non-hydrogen) atoms. The highest BCUT2D eigenvalue weighted by molar-refractivity contribution is 5.79. The molecule has 0 saturated heterocycles. The third kappa shape index (κ3) is 6.58. The normalized spacial score (nSPS) is 12.3. The highest BCUT2D eigenvalue weighted by atomic mass is 19.1. The number of hydrogen-bond donors (Lipinski definition) is 2. The average Bonchev–Trinajstić information content (AvgIpc) is 2.66. The van der Waals surface area contributed by atoms with Crippen molar-refractivity contribution >= 4 is 11.6 Å². The summed E-state index contributed by atoms with van der Waals surface area (Å²) < 4.78 is 19.2. The lowest BCUT2D eigenvalue weighted by atomic mass is 10.2. The van der Waals surface area contributed by atoms with Gasteiger partial charge in [0.25, 0.3) is 5.69 Å². The van der Waals surface area contributed by atoms with Crippen LogP contribution in [-0.2, 0) is 6.54 Å². The molecule has 144 valence electrons. The van der Waals surface area contributed by atoms with Gasteiger partial charge in [0.1, 0.15) is 6.10 Å². The van der Waals surface area contributed by atoms with Gasteiger partial charge in [-0.3, -0.25) is 10.1 Å². The van der Waals surface area contributed by atoms with Gasteiger partial charge < -0.3 is 15.4 Å². The second-order valence-corrected chi connectivity index (χ2v) is 5.86. The van der Waals surface area contributed by atoms with E-state index in [9.17, 15) is 14.5 Å². The van der Waals surface area contributed by atoms with E-state index in [1.165, 1.54) is 18.2 Å². The van der Waals surface area contributed by atoms with Crippen molar-refractivity contribution in [1.82, 2.24) is 10.6 Å². The van der Waals surface area contributed by atoms with Crippen molar-refractivity contribution in [3.05, 3.63) is 70.0 Å². The summed E-state index contributed by atoms with van der Waals surface area (Å²) in [6.45, 7) is 5.12. The maximum atomic E-state index is 13.6. The summed E-state index contributed by atoms with van der Waals surface area (Å²) in [5, 5.41) is 17.1. The molecular formula is C19H23FN4O3. The standard InChI is InChI=1S/C19H23FN4O3/c1-3-21-19(23-13-15-7-6-8-16(11-15)24(25)26)22-12-14(2)27-18-10-5-4-9-17(18)20/h4-11,14H,3,12-13H2,1-2H3,(H2,21,22,23). The number of aliphatic imine (C=N–C) groups is 1. The van der Waals surface area contributed by atoms with Gasteiger partial charge in [-0.25, -0.2) is 9.38 Å². The van der Waals surface area contributed by atoms with E-state index in [2.05, 4.69) is 15.6 Å². The largest absolute Gasteiger partial charge is 0.486 e. The predicted molar refractivity (Wildman–Crippen MR) is 102 cm³/mol. The molecule has 0 spiro atoms. The molecule has 0 aliphatic rings. The van der Waals surface area contributed by atoms with Gasteiger partial charge in [-0.15, -0.1) is 0 Å². The van der Waals surface area contributed by atoms with Gasteiger partial charge in [0.2, 0.25) is 0 Å². The van der Waals surface area contributed by atoms with Crippen LogP contribution in [0.2, 0.25) is 0 Å². The fraction of sp³-hybridized carbons (Fsp3) is 0.316. The van der Waals surface area contributed by atoms with E-state index in [4.69, 9.17) is 4.74 Å². The summed E-state index contributed by atoms with van der Waals surface area (Å²) in [5.74, 6) is 0.342. The molecule has 0 radical (unpaired) electrons. The molecule has 7 nitrogen and oxygen atoms in total. The Morgan fingerprint density at radius 1 is 1.26 bits per heavy atom. The topological polar surface area (TPSA) is 88.8 Å². The van der Waals surface area contributed by atoms with Crippen LogP contribution < -0.4 is 15.4 Å². The van der Waals surface area contributed by atoms with Crippen molar-refractivity contribution in [2.45, 2.75) is 26.5 Å². The lowest BCUT2D eigenvalue weighted by molar-refractivity contribution is -0.384. The molecule has 2 aromatic carbocycles. The van der Waals surface area contributed by atoms with Crippen molar-refractivity contribution in [3.8, 4) is 5.75 Å². The number of non-ortho nitro benzene ring substituents is 1. The summed E-state index contributed by atoms with van der Waals surface area (Å²) in [6, 6.07) is 12.6. The average molecular weight is 374 g/mol. The van der Waals surface area contributed by atoms with Gasteiger partial charge in [-0.05, 0) is 31.5 Å². The first kappa shape index (κ1) is 20.2. The zero-order valence-electron chi connectivity index (χ0n) is 15.3. The molecule has 0 aliphatic carbocycles. The molecule has 2 aromatic rings. The first-order chi connectivity index (χ1) is 13.0. The number of guanidine groups is 1. The van der Waals surface area contributed by atoms with Gasteiger partial charge in [0, 0.05) is 18.7 Å². The molecule has 1 unspecified atom stereocenters. The van der Waals surface area contributed by atoms with Crippen LogP contribution in [0.25, 0.3) is 0 Å². The fourth-order valence-electron chi connectivity index (χ4n) is 2.32. The monoisotopic (exact) mass is 374 g/mol. The Hall–Kier alpha value is -3.16. The van der Waals surface area contributed by atoms with Crippen molar-refractivity contribution in [1.29, 1.82) is 0 Å². The third-order valence-electron chi connectivity index (χ3n) is 3.61. The Labute approximate surface area is 157 Å². The Kier molecular flexibility index (Phi) is 7.54. The lowest BCUT2D eigenvalue weighted by Gasteiger charge is -2.18. The number of rotatable bonds is 8. The molecule has 0 bridgehead atoms. The number of ether oxygens (including phenoxy) is 1. The van der Waals surface area contributed by atoms with E-state index >= 15 is 0 Å². The molecule has 0 aromatic heterocycles. The molecule has 0 saturated carbocycles. The van der Waals surface area contributed by atoms with Crippen LogP contribution in [0.1, 0.15) is 19.4 Å². The minimum atomic E-state index is -0.432. The molecule has 0 fully saturated rings. The van der Waals surface area contributed by atoms with Crippen LogP contribution in [0, 0.1) is 15.9 Å². The van der Waals surface area contributed by atoms with Gasteiger partial charge in [-0.2, -0.15) is 0 Å². The first-order valence-electron chi connectivity index (χ1n) is 8.66. The zero-order valence-corrected chi connectivity index (χ0v) is 15.3. The van der Waals surface area contributed by atoms with Gasteiger partial charge in [0.15, 0.2) is 17.5 Å². The van der Waals surface area contributed by atoms with Crippen molar-refractivity contribution in [2.24, 2.45) is 4.99 Å². The molecule has 0 heterocycles. The second-order valence-electron chi connectivity index (χ2n) is 5.86. The van der Waals surface area contributed by atoms with Crippen LogP contribution in [-0.4, -0.2) is 30.1 Å². The summed E-state index contributed by atoms with van der Waals surface area (Å²) >= 11 is 0. The second kappa shape index (κ2) is 10.1. The van der Waals surface area contributed by atoms with E-state index in [1.54, 1.807) is 30.3 Å². The van der Waals surface area contributed by atoms with Crippen LogP contribution in [0.3, 0.4) is 0 Å². The van der Waals surface area contributed by atoms with Crippen LogP contribution in [0.5, 0.6) is 5.75 Å². The molecule has 1 atom stereocenters. The smallest absolute Gasteiger partial charge is 0.269 e. The number of halogens is 1. The molecular weight excluding hydrogens is 351 g/mol. The molecule has 0 aliphatic heterocycles. The predicted octanol–water partition coefficient (Wildman–Crippen LogP) is 3.26. The maximum Gasteiger partial charge on any atom is 0.269 e. The molecule has 0 amide bonds. The van der Waals surface area contributed by atoms with Gasteiger partial charge in [-0.1, -0.05) is 24.3 Å². The van der Waals surface area contributed by atoms with E-state index in [1.807, 2.05) is 13.8 Å². The first-order valence-corrected chi connectivity index (χ1v) is 8.66. The Morgan fingerprint density at radius 2 is 2.04 bits per heavy atom. The highest BCUT2D eigenvalue weighted by Gasteiger charge is 2.09. The van der Waals surface area contributed by atoms with E-state index in [0.717, 1.165) is 5.56 Å². The van der Waals surface area contributed by atoms with Gasteiger partial charge >= 0.3 is 0 Å².